The van der Waals surface area contributed by atoms with Crippen LogP contribution in [0.15, 0.2) is 23.1 Å². The van der Waals surface area contributed by atoms with Crippen LogP contribution in [0.4, 0.5) is 0 Å². The molecule has 0 aliphatic heterocycles. The summed E-state index contributed by atoms with van der Waals surface area (Å²) in [5.41, 5.74) is 0. The molecule has 0 aromatic heterocycles. The highest BCUT2D eigenvalue weighted by Crippen LogP contribution is 2.27. The minimum absolute atomic E-state index is 0.215. The summed E-state index contributed by atoms with van der Waals surface area (Å²) in [6, 6.07) is 5.43. The molecule has 0 spiro atoms. The van der Waals surface area contributed by atoms with E-state index in [2.05, 4.69) is 0 Å². The average Bonchev–Trinajstić information content (AvgIpc) is 2.18. The van der Waals surface area contributed by atoms with Crippen LogP contribution in [0.25, 0.3) is 0 Å². The third kappa shape index (κ3) is 4.62. The Hall–Kier alpha value is 0.0700. The first-order valence-electron chi connectivity index (χ1n) is 4.30. The smallest absolute Gasteiger partial charge is 0.166 e. The van der Waals surface area contributed by atoms with Gasteiger partial charge in [0.25, 0.3) is 0 Å². The molecule has 0 heterocycles. The number of hydrogen-bond donors (Lipinski definition) is 0. The first-order chi connectivity index (χ1) is 7.15. The lowest BCUT2D eigenvalue weighted by Crippen LogP contribution is -2.15. The zero-order valence-electron chi connectivity index (χ0n) is 8.50. The van der Waals surface area contributed by atoms with Crippen molar-refractivity contribution in [3.05, 3.63) is 28.2 Å². The van der Waals surface area contributed by atoms with E-state index in [1.54, 1.807) is 32.0 Å². The molecule has 0 atom stereocenters. The number of methoxy groups -OCH3 is 2. The Bertz CT molecular complexity index is 296. The number of benzene rings is 1. The summed E-state index contributed by atoms with van der Waals surface area (Å²) < 4.78 is 10.1. The number of hydrogen-bond acceptors (Lipinski definition) is 3. The summed E-state index contributed by atoms with van der Waals surface area (Å²) in [5, 5.41) is 1.27. The van der Waals surface area contributed by atoms with Crippen molar-refractivity contribution in [2.24, 2.45) is 0 Å². The van der Waals surface area contributed by atoms with Crippen LogP contribution in [0.5, 0.6) is 0 Å². The van der Waals surface area contributed by atoms with E-state index in [-0.39, 0.29) is 6.29 Å². The van der Waals surface area contributed by atoms with Gasteiger partial charge in [-0.3, -0.25) is 0 Å². The van der Waals surface area contributed by atoms with Gasteiger partial charge in [0.1, 0.15) is 0 Å². The summed E-state index contributed by atoms with van der Waals surface area (Å²) in [6.45, 7) is 0. The molecular formula is C10H12Cl2O2S. The molecule has 15 heavy (non-hydrogen) atoms. The van der Waals surface area contributed by atoms with Crippen molar-refractivity contribution >= 4 is 35.0 Å². The van der Waals surface area contributed by atoms with E-state index in [9.17, 15) is 0 Å². The van der Waals surface area contributed by atoms with Crippen molar-refractivity contribution in [1.82, 2.24) is 0 Å². The highest BCUT2D eigenvalue weighted by molar-refractivity contribution is 7.99. The molecule has 1 rings (SSSR count). The molecule has 0 unspecified atom stereocenters. The van der Waals surface area contributed by atoms with Gasteiger partial charge in [-0.25, -0.2) is 0 Å². The summed E-state index contributed by atoms with van der Waals surface area (Å²) in [5.74, 6) is 0.698. The van der Waals surface area contributed by atoms with E-state index >= 15 is 0 Å². The van der Waals surface area contributed by atoms with Gasteiger partial charge in [-0.05, 0) is 18.2 Å². The first kappa shape index (κ1) is 13.1. The van der Waals surface area contributed by atoms with Crippen molar-refractivity contribution in [3.63, 3.8) is 0 Å². The largest absolute Gasteiger partial charge is 0.355 e. The molecule has 2 nitrogen and oxygen atoms in total. The molecule has 0 amide bonds. The fraction of sp³-hybridized carbons (Fsp3) is 0.400. The van der Waals surface area contributed by atoms with Crippen molar-refractivity contribution in [2.75, 3.05) is 20.0 Å². The van der Waals surface area contributed by atoms with Gasteiger partial charge < -0.3 is 9.47 Å². The third-order valence-electron chi connectivity index (χ3n) is 1.75. The summed E-state index contributed by atoms with van der Waals surface area (Å²) in [6.07, 6.45) is -0.215. The molecule has 0 aliphatic rings. The van der Waals surface area contributed by atoms with Crippen molar-refractivity contribution in [2.45, 2.75) is 11.2 Å². The van der Waals surface area contributed by atoms with E-state index in [0.717, 1.165) is 4.90 Å². The number of rotatable bonds is 5. The molecule has 0 bridgehead atoms. The van der Waals surface area contributed by atoms with Crippen LogP contribution in [0.1, 0.15) is 0 Å². The van der Waals surface area contributed by atoms with Crippen LogP contribution in [0.2, 0.25) is 10.0 Å². The van der Waals surface area contributed by atoms with Gasteiger partial charge in [0.05, 0.1) is 0 Å². The monoisotopic (exact) mass is 266 g/mol. The predicted molar refractivity (Wildman–Crippen MR) is 65.0 cm³/mol. The van der Waals surface area contributed by atoms with Gasteiger partial charge in [0.15, 0.2) is 6.29 Å². The molecule has 1 aromatic carbocycles. The highest BCUT2D eigenvalue weighted by atomic mass is 35.5. The normalized spacial score (nSPS) is 11.0. The number of thioether (sulfide) groups is 1. The molecule has 0 fully saturated rings. The minimum atomic E-state index is -0.215. The maximum Gasteiger partial charge on any atom is 0.166 e. The predicted octanol–water partition coefficient (Wildman–Crippen LogP) is 3.70. The summed E-state index contributed by atoms with van der Waals surface area (Å²) in [7, 11) is 3.22. The molecule has 0 saturated carbocycles. The number of ether oxygens (including phenoxy) is 2. The molecule has 0 aliphatic carbocycles. The first-order valence-corrected chi connectivity index (χ1v) is 6.04. The van der Waals surface area contributed by atoms with Gasteiger partial charge in [-0.15, -0.1) is 11.8 Å². The van der Waals surface area contributed by atoms with E-state index in [1.165, 1.54) is 0 Å². The molecule has 5 heteroatoms. The SMILES string of the molecule is COC(CSc1cc(Cl)cc(Cl)c1)OC. The van der Waals surface area contributed by atoms with Crippen LogP contribution in [-0.2, 0) is 9.47 Å². The average molecular weight is 267 g/mol. The summed E-state index contributed by atoms with van der Waals surface area (Å²) >= 11 is 13.3. The summed E-state index contributed by atoms with van der Waals surface area (Å²) in [4.78, 5) is 1.01. The Morgan fingerprint density at radius 3 is 2.13 bits per heavy atom. The van der Waals surface area contributed by atoms with Crippen LogP contribution < -0.4 is 0 Å². The maximum atomic E-state index is 5.87. The van der Waals surface area contributed by atoms with Gasteiger partial charge >= 0.3 is 0 Å². The lowest BCUT2D eigenvalue weighted by Gasteiger charge is -2.12. The molecule has 0 saturated heterocycles. The van der Waals surface area contributed by atoms with Crippen molar-refractivity contribution in [1.29, 1.82) is 0 Å². The molecule has 1 aromatic rings. The van der Waals surface area contributed by atoms with Gasteiger partial charge in [-0.1, -0.05) is 23.2 Å². The number of halogens is 2. The zero-order valence-corrected chi connectivity index (χ0v) is 10.8. The second kappa shape index (κ2) is 6.61. The zero-order chi connectivity index (χ0) is 11.3. The minimum Gasteiger partial charge on any atom is -0.355 e. The quantitative estimate of drug-likeness (QED) is 0.598. The van der Waals surface area contributed by atoms with E-state index in [4.69, 9.17) is 32.7 Å². The highest BCUT2D eigenvalue weighted by Gasteiger charge is 2.06. The molecular weight excluding hydrogens is 255 g/mol. The van der Waals surface area contributed by atoms with Crippen molar-refractivity contribution < 1.29 is 9.47 Å². The Morgan fingerprint density at radius 1 is 1.13 bits per heavy atom. The fourth-order valence-corrected chi connectivity index (χ4v) is 2.69. The Labute approximate surface area is 104 Å². The topological polar surface area (TPSA) is 18.5 Å². The van der Waals surface area contributed by atoms with E-state index in [1.807, 2.05) is 12.1 Å². The molecule has 84 valence electrons. The van der Waals surface area contributed by atoms with Gasteiger partial charge in [0.2, 0.25) is 0 Å². The second-order valence-electron chi connectivity index (χ2n) is 2.82. The standard InChI is InChI=1S/C10H12Cl2O2S/c1-13-10(14-2)6-15-9-4-7(11)3-8(12)5-9/h3-5,10H,6H2,1-2H3. The van der Waals surface area contributed by atoms with Crippen molar-refractivity contribution in [3.8, 4) is 0 Å². The van der Waals surface area contributed by atoms with E-state index in [0.29, 0.717) is 15.8 Å². The fourth-order valence-electron chi connectivity index (χ4n) is 1.01. The second-order valence-corrected chi connectivity index (χ2v) is 4.78. The van der Waals surface area contributed by atoms with E-state index < -0.39 is 0 Å². The van der Waals surface area contributed by atoms with Crippen LogP contribution in [0.3, 0.4) is 0 Å². The maximum absolute atomic E-state index is 5.87. The molecule has 0 radical (unpaired) electrons. The van der Waals surface area contributed by atoms with Crippen LogP contribution in [0, 0.1) is 0 Å². The Kier molecular flexibility index (Phi) is 5.79. The Morgan fingerprint density at radius 2 is 1.67 bits per heavy atom. The third-order valence-corrected chi connectivity index (χ3v) is 3.19. The lowest BCUT2D eigenvalue weighted by molar-refractivity contribution is -0.0842. The lowest BCUT2D eigenvalue weighted by atomic mass is 10.4. The van der Waals surface area contributed by atoms with Gasteiger partial charge in [-0.2, -0.15) is 0 Å². The van der Waals surface area contributed by atoms with Crippen LogP contribution >= 0.6 is 35.0 Å². The Balaban J connectivity index is 2.57. The van der Waals surface area contributed by atoms with Crippen LogP contribution in [-0.4, -0.2) is 26.3 Å². The van der Waals surface area contributed by atoms with Gasteiger partial charge in [0, 0.05) is 34.9 Å². The molecule has 0 N–H and O–H groups in total.